The third kappa shape index (κ3) is 4.78. The van der Waals surface area contributed by atoms with Gasteiger partial charge in [-0.05, 0) is 11.6 Å². The first-order valence-electron chi connectivity index (χ1n) is 17.9. The Morgan fingerprint density at radius 1 is 0.404 bits per heavy atom. The second kappa shape index (κ2) is 11.8. The van der Waals surface area contributed by atoms with Crippen LogP contribution in [-0.2, 0) is 0 Å². The molecule has 7 aromatic carbocycles. The first kappa shape index (κ1) is 30.4. The SMILES string of the molecule is C[SiH-]1(C)c2ccccc2-c2c1ccc(-c1nc(-c3ccccc3)nc(-c3ccc4oc5cccc(-c6ccccc6)c5c4c3)n1)c2-c1ccccc1. The molecule has 0 bridgehead atoms. The molecule has 0 aliphatic carbocycles. The summed E-state index contributed by atoms with van der Waals surface area (Å²) in [5.41, 5.74) is 11.8. The minimum absolute atomic E-state index is 0.619. The molecule has 10 rings (SSSR count). The van der Waals surface area contributed by atoms with E-state index in [1.807, 2.05) is 36.4 Å². The van der Waals surface area contributed by atoms with Crippen molar-refractivity contribution < 1.29 is 4.42 Å². The van der Waals surface area contributed by atoms with Crippen LogP contribution >= 0.6 is 0 Å². The van der Waals surface area contributed by atoms with Crippen molar-refractivity contribution in [2.75, 3.05) is 0 Å². The molecule has 0 saturated carbocycles. The summed E-state index contributed by atoms with van der Waals surface area (Å²) in [6.07, 6.45) is 0. The van der Waals surface area contributed by atoms with E-state index in [0.29, 0.717) is 17.5 Å². The third-order valence-corrected chi connectivity index (χ3v) is 14.9. The summed E-state index contributed by atoms with van der Waals surface area (Å²) in [5.74, 6) is 1.91. The maximum atomic E-state index is 6.40. The van der Waals surface area contributed by atoms with Gasteiger partial charge < -0.3 is 0 Å². The van der Waals surface area contributed by atoms with Crippen LogP contribution in [0.3, 0.4) is 0 Å². The fraction of sp³-hybridized carbons (Fsp3) is 0.0426. The molecule has 0 spiro atoms. The second-order valence-corrected chi connectivity index (χ2v) is 19.3. The number of aromatic nitrogens is 3. The van der Waals surface area contributed by atoms with Crippen molar-refractivity contribution in [3.63, 3.8) is 0 Å². The van der Waals surface area contributed by atoms with Crippen LogP contribution in [0, 0.1) is 0 Å². The van der Waals surface area contributed by atoms with E-state index in [4.69, 9.17) is 19.4 Å². The minimum atomic E-state index is -2.29. The monoisotopic (exact) mass is 684 g/mol. The molecule has 248 valence electrons. The van der Waals surface area contributed by atoms with Gasteiger partial charge in [0.15, 0.2) is 0 Å². The van der Waals surface area contributed by atoms with Crippen molar-refractivity contribution in [3.8, 4) is 67.5 Å². The van der Waals surface area contributed by atoms with Crippen LogP contribution < -0.4 is 10.4 Å². The number of rotatable bonds is 5. The molecule has 0 unspecified atom stereocenters. The zero-order valence-electron chi connectivity index (χ0n) is 28.9. The summed E-state index contributed by atoms with van der Waals surface area (Å²) in [5, 5.41) is 5.08. The number of fused-ring (bicyclic) bond motifs is 6. The molecular formula is C47H34N3OSi-. The van der Waals surface area contributed by atoms with Crippen LogP contribution in [0.1, 0.15) is 0 Å². The van der Waals surface area contributed by atoms with Crippen molar-refractivity contribution >= 4 is 40.4 Å². The summed E-state index contributed by atoms with van der Waals surface area (Å²) in [4.78, 5) is 15.7. The summed E-state index contributed by atoms with van der Waals surface area (Å²) in [6, 6.07) is 57.5. The predicted molar refractivity (Wildman–Crippen MR) is 218 cm³/mol. The van der Waals surface area contributed by atoms with Gasteiger partial charge in [0.25, 0.3) is 0 Å². The van der Waals surface area contributed by atoms with Gasteiger partial charge in [0.05, 0.1) is 0 Å². The number of hydrogen-bond acceptors (Lipinski definition) is 4. The zero-order valence-corrected chi connectivity index (χ0v) is 30.1. The van der Waals surface area contributed by atoms with Gasteiger partial charge in [-0.2, -0.15) is 0 Å². The van der Waals surface area contributed by atoms with Crippen molar-refractivity contribution in [1.29, 1.82) is 0 Å². The van der Waals surface area contributed by atoms with Gasteiger partial charge in [0.2, 0.25) is 0 Å². The molecule has 0 fully saturated rings. The molecule has 4 nitrogen and oxygen atoms in total. The maximum absolute atomic E-state index is 6.40. The molecule has 9 aromatic rings. The number of furan rings is 1. The zero-order chi connectivity index (χ0) is 34.8. The van der Waals surface area contributed by atoms with E-state index >= 15 is 0 Å². The molecule has 1 aliphatic heterocycles. The number of nitrogens with zero attached hydrogens (tertiary/aromatic N) is 3. The fourth-order valence-electron chi connectivity index (χ4n) is 8.29. The van der Waals surface area contributed by atoms with E-state index in [1.165, 1.54) is 27.1 Å². The molecule has 0 radical (unpaired) electrons. The predicted octanol–water partition coefficient (Wildman–Crippen LogP) is 10.6. The van der Waals surface area contributed by atoms with Gasteiger partial charge in [-0.25, -0.2) is 0 Å². The molecular weight excluding hydrogens is 651 g/mol. The van der Waals surface area contributed by atoms with Gasteiger partial charge in [-0.1, -0.05) is 42.5 Å². The Balaban J connectivity index is 1.24. The normalized spacial score (nSPS) is 13.6. The van der Waals surface area contributed by atoms with E-state index in [0.717, 1.165) is 55.3 Å². The third-order valence-electron chi connectivity index (χ3n) is 10.8. The first-order chi connectivity index (χ1) is 25.5. The van der Waals surface area contributed by atoms with Gasteiger partial charge in [0, 0.05) is 0 Å². The Hall–Kier alpha value is -6.43. The summed E-state index contributed by atoms with van der Waals surface area (Å²) in [6.45, 7) is 4.97. The molecule has 0 atom stereocenters. The van der Waals surface area contributed by atoms with Crippen LogP contribution in [-0.4, -0.2) is 23.0 Å². The summed E-state index contributed by atoms with van der Waals surface area (Å²) < 4.78 is 6.40. The van der Waals surface area contributed by atoms with Crippen molar-refractivity contribution in [1.82, 2.24) is 15.0 Å². The average Bonchev–Trinajstić information content (AvgIpc) is 3.70. The average molecular weight is 685 g/mol. The van der Waals surface area contributed by atoms with Crippen molar-refractivity contribution in [2.24, 2.45) is 0 Å². The molecule has 3 heterocycles. The Morgan fingerprint density at radius 3 is 1.77 bits per heavy atom. The Labute approximate surface area is 303 Å². The van der Waals surface area contributed by atoms with E-state index in [9.17, 15) is 0 Å². The van der Waals surface area contributed by atoms with E-state index < -0.39 is 8.07 Å². The van der Waals surface area contributed by atoms with Crippen LogP contribution in [0.25, 0.3) is 89.5 Å². The summed E-state index contributed by atoms with van der Waals surface area (Å²) in [7, 11) is -2.29. The topological polar surface area (TPSA) is 51.8 Å². The Bertz CT molecular complexity index is 2810. The van der Waals surface area contributed by atoms with Gasteiger partial charge in [0.1, 0.15) is 0 Å². The Kier molecular flexibility index (Phi) is 6.91. The number of benzene rings is 7. The molecule has 2 aromatic heterocycles. The number of hydrogen-bond donors (Lipinski definition) is 0. The molecule has 0 N–H and O–H groups in total. The summed E-state index contributed by atoms with van der Waals surface area (Å²) >= 11 is 0. The van der Waals surface area contributed by atoms with Gasteiger partial charge >= 0.3 is 250 Å². The second-order valence-electron chi connectivity index (χ2n) is 14.3. The molecule has 1 aliphatic rings. The van der Waals surface area contributed by atoms with Gasteiger partial charge in [-0.3, -0.25) is 0 Å². The fourth-order valence-corrected chi connectivity index (χ4v) is 11.8. The van der Waals surface area contributed by atoms with E-state index in [1.54, 1.807) is 0 Å². The molecule has 52 heavy (non-hydrogen) atoms. The molecule has 0 saturated heterocycles. The van der Waals surface area contributed by atoms with Crippen LogP contribution in [0.15, 0.2) is 168 Å². The van der Waals surface area contributed by atoms with Gasteiger partial charge in [-0.15, -0.1) is 0 Å². The van der Waals surface area contributed by atoms with Crippen LogP contribution in [0.2, 0.25) is 13.1 Å². The molecule has 5 heteroatoms. The van der Waals surface area contributed by atoms with Crippen molar-refractivity contribution in [2.45, 2.75) is 13.1 Å². The standard InChI is InChI=1S/C47H34N3OSi/c1-52(2)40-24-13-12-21-35(40)44-41(52)28-26-36(42(44)31-17-8-4-9-18-31)47-49-45(32-19-10-5-11-20-32)48-46(50-47)33-25-27-38-37(29-33)43-34(22-14-23-39(43)51-38)30-15-6-3-7-16-30/h3-29,52H,1-2H3/q-1. The Morgan fingerprint density at radius 2 is 1.02 bits per heavy atom. The van der Waals surface area contributed by atoms with E-state index in [2.05, 4.69) is 140 Å². The molecule has 0 amide bonds. The van der Waals surface area contributed by atoms with Crippen LogP contribution in [0.5, 0.6) is 0 Å². The van der Waals surface area contributed by atoms with Crippen molar-refractivity contribution in [3.05, 3.63) is 164 Å². The quantitative estimate of drug-likeness (QED) is 0.169. The first-order valence-corrected chi connectivity index (χ1v) is 21.4. The van der Waals surface area contributed by atoms with E-state index in [-0.39, 0.29) is 0 Å². The van der Waals surface area contributed by atoms with Crippen LogP contribution in [0.4, 0.5) is 0 Å².